The molecule has 1 N–H and O–H groups in total. The smallest absolute Gasteiger partial charge is 0.211 e. The molecule has 0 aliphatic heterocycles. The second-order valence-electron chi connectivity index (χ2n) is 11.1. The molecule has 3 aromatic rings. The van der Waals surface area contributed by atoms with Crippen molar-refractivity contribution >= 4 is 35.3 Å². The Kier molecular flexibility index (Phi) is 12.0. The second-order valence-corrected chi connectivity index (χ2v) is 12.0. The van der Waals surface area contributed by atoms with Gasteiger partial charge in [0.15, 0.2) is 0 Å². The molecular formula is C35H39Cl2FN2O2. The van der Waals surface area contributed by atoms with Crippen molar-refractivity contribution in [2.75, 3.05) is 11.9 Å². The minimum Gasteiger partial charge on any atom is -0.492 e. The number of carbonyl (C=O) groups excluding carboxylic acids is 1. The lowest BCUT2D eigenvalue weighted by Crippen LogP contribution is -2.12. The third-order valence-electron chi connectivity index (χ3n) is 7.68. The first kappa shape index (κ1) is 33.2. The molecule has 2 unspecified atom stereocenters. The maximum atomic E-state index is 13.4. The van der Waals surface area contributed by atoms with Gasteiger partial charge in [-0.1, -0.05) is 67.8 Å². The van der Waals surface area contributed by atoms with Gasteiger partial charge < -0.3 is 10.1 Å². The number of ether oxygens (including phenoxy) is 1. The van der Waals surface area contributed by atoms with Crippen LogP contribution in [-0.2, 0) is 4.79 Å². The van der Waals surface area contributed by atoms with Gasteiger partial charge in [0, 0.05) is 21.7 Å². The number of hydrogen-bond acceptors (Lipinski definition) is 3. The van der Waals surface area contributed by atoms with Gasteiger partial charge in [0.1, 0.15) is 18.2 Å². The molecule has 1 saturated carbocycles. The van der Waals surface area contributed by atoms with Gasteiger partial charge in [-0.3, -0.25) is 4.79 Å². The van der Waals surface area contributed by atoms with Gasteiger partial charge >= 0.3 is 0 Å². The van der Waals surface area contributed by atoms with Crippen molar-refractivity contribution in [1.29, 1.82) is 5.26 Å². The molecule has 0 radical (unpaired) electrons. The molecule has 0 aromatic heterocycles. The number of hydrogen-bond donors (Lipinski definition) is 1. The first-order valence-electron chi connectivity index (χ1n) is 14.3. The first-order valence-corrected chi connectivity index (χ1v) is 15.0. The van der Waals surface area contributed by atoms with Gasteiger partial charge in [0.2, 0.25) is 6.41 Å². The fourth-order valence-corrected chi connectivity index (χ4v) is 5.41. The summed E-state index contributed by atoms with van der Waals surface area (Å²) in [6, 6.07) is 18.2. The minimum atomic E-state index is -0.267. The summed E-state index contributed by atoms with van der Waals surface area (Å²) < 4.78 is 19.4. The van der Waals surface area contributed by atoms with Crippen LogP contribution in [0.4, 0.5) is 10.1 Å². The van der Waals surface area contributed by atoms with Crippen LogP contribution >= 0.6 is 23.2 Å². The fourth-order valence-electron chi connectivity index (χ4n) is 5.06. The summed E-state index contributed by atoms with van der Waals surface area (Å²) in [5.41, 5.74) is 5.70. The zero-order chi connectivity index (χ0) is 30.9. The normalized spacial score (nSPS) is 15.0. The molecule has 1 aliphatic carbocycles. The number of anilines is 1. The van der Waals surface area contributed by atoms with Gasteiger partial charge in [-0.05, 0) is 110 Å². The summed E-state index contributed by atoms with van der Waals surface area (Å²) in [6.45, 7) is 10.9. The van der Waals surface area contributed by atoms with Crippen molar-refractivity contribution < 1.29 is 13.9 Å². The molecule has 4 rings (SSSR count). The number of rotatable bonds is 11. The minimum absolute atomic E-state index is 0.0505. The van der Waals surface area contributed by atoms with Crippen molar-refractivity contribution in [3.8, 4) is 11.8 Å². The SMILES string of the molecule is CC/C=C(/C)CC(C)c1cc(Cl)ccc1OCC1(C#N)CC1.Cc1ccc(F)cc1C(C)c1ccc(Cl)cc1NC=O. The average molecular weight is 610 g/mol. The Hall–Kier alpha value is -3.33. The van der Waals surface area contributed by atoms with Crippen LogP contribution < -0.4 is 10.1 Å². The summed E-state index contributed by atoms with van der Waals surface area (Å²) >= 11 is 12.1. The molecule has 7 heteroatoms. The van der Waals surface area contributed by atoms with E-state index in [2.05, 4.69) is 38.2 Å². The molecule has 42 heavy (non-hydrogen) atoms. The quantitative estimate of drug-likeness (QED) is 0.174. The van der Waals surface area contributed by atoms with E-state index < -0.39 is 0 Å². The summed E-state index contributed by atoms with van der Waals surface area (Å²) in [5, 5.41) is 13.1. The van der Waals surface area contributed by atoms with E-state index in [-0.39, 0.29) is 17.2 Å². The highest BCUT2D eigenvalue weighted by Gasteiger charge is 2.44. The maximum absolute atomic E-state index is 13.4. The zero-order valence-electron chi connectivity index (χ0n) is 24.9. The third kappa shape index (κ3) is 9.08. The van der Waals surface area contributed by atoms with Crippen LogP contribution in [0.3, 0.4) is 0 Å². The molecular weight excluding hydrogens is 570 g/mol. The second kappa shape index (κ2) is 15.2. The number of carbonyl (C=O) groups is 1. The Morgan fingerprint density at radius 2 is 1.76 bits per heavy atom. The Morgan fingerprint density at radius 1 is 1.07 bits per heavy atom. The number of halogens is 3. The number of benzene rings is 3. The van der Waals surface area contributed by atoms with E-state index in [9.17, 15) is 14.4 Å². The van der Waals surface area contributed by atoms with Crippen LogP contribution in [-0.4, -0.2) is 13.0 Å². The molecule has 0 heterocycles. The summed E-state index contributed by atoms with van der Waals surface area (Å²) in [4.78, 5) is 10.7. The van der Waals surface area contributed by atoms with Crippen molar-refractivity contribution in [3.63, 3.8) is 0 Å². The number of aryl methyl sites for hydroxylation is 1. The molecule has 0 bridgehead atoms. The van der Waals surface area contributed by atoms with Crippen LogP contribution in [0.2, 0.25) is 10.0 Å². The van der Waals surface area contributed by atoms with Gasteiger partial charge in [0.25, 0.3) is 0 Å². The predicted octanol–water partition coefficient (Wildman–Crippen LogP) is 10.4. The Labute approximate surface area is 259 Å². The van der Waals surface area contributed by atoms with Gasteiger partial charge in [-0.25, -0.2) is 4.39 Å². The maximum Gasteiger partial charge on any atom is 0.211 e. The van der Waals surface area contributed by atoms with E-state index in [1.54, 1.807) is 18.2 Å². The highest BCUT2D eigenvalue weighted by Crippen LogP contribution is 2.45. The lowest BCUT2D eigenvalue weighted by atomic mass is 9.89. The summed E-state index contributed by atoms with van der Waals surface area (Å²) in [7, 11) is 0. The zero-order valence-corrected chi connectivity index (χ0v) is 26.5. The number of nitrogens with zero attached hydrogens (tertiary/aromatic N) is 1. The van der Waals surface area contributed by atoms with E-state index in [1.807, 2.05) is 38.1 Å². The Bertz CT molecular complexity index is 1460. The van der Waals surface area contributed by atoms with Crippen molar-refractivity contribution in [2.45, 2.75) is 72.1 Å². The van der Waals surface area contributed by atoms with Crippen LogP contribution in [0.1, 0.15) is 87.5 Å². The molecule has 3 aromatic carbocycles. The van der Waals surface area contributed by atoms with Gasteiger partial charge in [0.05, 0.1) is 11.5 Å². The molecule has 0 saturated heterocycles. The van der Waals surface area contributed by atoms with E-state index in [0.717, 1.165) is 58.7 Å². The molecule has 1 aliphatic rings. The number of amides is 1. The standard InChI is InChI=1S/C19H24ClNO.C16H15ClFNO/c1-4-5-14(2)10-15(3)17-11-16(20)6-7-18(17)22-13-19(12-21)8-9-19;1-10-3-5-13(18)8-15(10)11(2)14-6-4-12(17)7-16(14)19-9-20/h5-7,11,15H,4,8-10,13H2,1-3H3;3-9,11H,1-2H3,(H,19,20)/b14-5-;. The molecule has 2 atom stereocenters. The largest absolute Gasteiger partial charge is 0.492 e. The van der Waals surface area contributed by atoms with Crippen molar-refractivity contribution in [1.82, 2.24) is 0 Å². The Balaban J connectivity index is 0.000000231. The number of allylic oxidation sites excluding steroid dienone is 2. The van der Waals surface area contributed by atoms with E-state index in [0.29, 0.717) is 29.6 Å². The summed E-state index contributed by atoms with van der Waals surface area (Å²) in [5.74, 6) is 0.887. The highest BCUT2D eigenvalue weighted by atomic mass is 35.5. The molecule has 0 spiro atoms. The number of nitrogens with one attached hydrogen (secondary N) is 1. The molecule has 222 valence electrons. The average Bonchev–Trinajstić information content (AvgIpc) is 3.74. The lowest BCUT2D eigenvalue weighted by Gasteiger charge is -2.19. The van der Waals surface area contributed by atoms with E-state index in [1.165, 1.54) is 17.7 Å². The van der Waals surface area contributed by atoms with Crippen LogP contribution in [0, 0.1) is 29.5 Å². The van der Waals surface area contributed by atoms with Crippen LogP contribution in [0.25, 0.3) is 0 Å². The fraction of sp³-hybridized carbons (Fsp3) is 0.371. The van der Waals surface area contributed by atoms with Crippen molar-refractivity contribution in [3.05, 3.63) is 104 Å². The predicted molar refractivity (Wildman–Crippen MR) is 171 cm³/mol. The lowest BCUT2D eigenvalue weighted by molar-refractivity contribution is -0.105. The molecule has 1 fully saturated rings. The molecule has 1 amide bonds. The third-order valence-corrected chi connectivity index (χ3v) is 8.15. The monoisotopic (exact) mass is 608 g/mol. The highest BCUT2D eigenvalue weighted by molar-refractivity contribution is 6.31. The van der Waals surface area contributed by atoms with Crippen LogP contribution in [0.5, 0.6) is 5.75 Å². The van der Waals surface area contributed by atoms with Gasteiger partial charge in [-0.15, -0.1) is 0 Å². The van der Waals surface area contributed by atoms with Crippen molar-refractivity contribution in [2.24, 2.45) is 5.41 Å². The van der Waals surface area contributed by atoms with Gasteiger partial charge in [-0.2, -0.15) is 5.26 Å². The Morgan fingerprint density at radius 3 is 2.40 bits per heavy atom. The first-order chi connectivity index (χ1) is 20.0. The summed E-state index contributed by atoms with van der Waals surface area (Å²) in [6.07, 6.45) is 6.81. The number of nitriles is 1. The molecule has 4 nitrogen and oxygen atoms in total. The van der Waals surface area contributed by atoms with E-state index >= 15 is 0 Å². The van der Waals surface area contributed by atoms with Crippen LogP contribution in [0.15, 0.2) is 66.2 Å². The topological polar surface area (TPSA) is 62.1 Å². The van der Waals surface area contributed by atoms with E-state index in [4.69, 9.17) is 27.9 Å².